The SMILES string of the molecule is O=C(c1ccc(-c2cc(Cl)ccc2F)cc1)N1CCN(C(O)C2(O)CC2)CC1. The predicted octanol–water partition coefficient (Wildman–Crippen LogP) is 2.75. The summed E-state index contributed by atoms with van der Waals surface area (Å²) in [5, 5.41) is 20.7. The van der Waals surface area contributed by atoms with Gasteiger partial charge in [-0.15, -0.1) is 0 Å². The molecule has 1 saturated heterocycles. The third-order valence-electron chi connectivity index (χ3n) is 5.56. The zero-order valence-corrected chi connectivity index (χ0v) is 16.1. The Labute approximate surface area is 167 Å². The number of piperazine rings is 1. The van der Waals surface area contributed by atoms with Gasteiger partial charge < -0.3 is 15.1 Å². The Morgan fingerprint density at radius 3 is 2.32 bits per heavy atom. The highest BCUT2D eigenvalue weighted by Crippen LogP contribution is 2.39. The van der Waals surface area contributed by atoms with E-state index < -0.39 is 11.8 Å². The van der Waals surface area contributed by atoms with Gasteiger partial charge in [-0.25, -0.2) is 4.39 Å². The fraction of sp³-hybridized carbons (Fsp3) is 0.381. The third-order valence-corrected chi connectivity index (χ3v) is 5.80. The maximum absolute atomic E-state index is 14.0. The van der Waals surface area contributed by atoms with Crippen LogP contribution in [0.3, 0.4) is 0 Å². The van der Waals surface area contributed by atoms with Crippen LogP contribution >= 0.6 is 11.6 Å². The van der Waals surface area contributed by atoms with E-state index in [4.69, 9.17) is 11.6 Å². The molecule has 2 aromatic rings. The number of hydrogen-bond donors (Lipinski definition) is 2. The summed E-state index contributed by atoms with van der Waals surface area (Å²) in [5.41, 5.74) is 0.604. The molecule has 2 aromatic carbocycles. The largest absolute Gasteiger partial charge is 0.386 e. The molecule has 0 aromatic heterocycles. The summed E-state index contributed by atoms with van der Waals surface area (Å²) < 4.78 is 14.0. The van der Waals surface area contributed by atoms with Crippen LogP contribution in [0.15, 0.2) is 42.5 Å². The topological polar surface area (TPSA) is 64.0 Å². The van der Waals surface area contributed by atoms with Gasteiger partial charge in [-0.2, -0.15) is 0 Å². The summed E-state index contributed by atoms with van der Waals surface area (Å²) in [7, 11) is 0. The third kappa shape index (κ3) is 3.78. The molecule has 148 valence electrons. The minimum atomic E-state index is -0.975. The van der Waals surface area contributed by atoms with E-state index in [0.29, 0.717) is 60.7 Å². The zero-order chi connectivity index (χ0) is 19.9. The lowest BCUT2D eigenvalue weighted by Crippen LogP contribution is -2.55. The van der Waals surface area contributed by atoms with Gasteiger partial charge in [-0.3, -0.25) is 9.69 Å². The smallest absolute Gasteiger partial charge is 0.253 e. The number of benzene rings is 2. The standard InChI is InChI=1S/C21H22ClFN2O3/c22-16-5-6-18(23)17(13-16)14-1-3-15(4-2-14)19(26)24-9-11-25(12-10-24)20(27)21(28)7-8-21/h1-6,13,20,27-28H,7-12H2. The van der Waals surface area contributed by atoms with Gasteiger partial charge in [0.15, 0.2) is 0 Å². The van der Waals surface area contributed by atoms with Crippen molar-refractivity contribution in [3.05, 3.63) is 58.9 Å². The Bertz CT molecular complexity index is 878. The highest BCUT2D eigenvalue weighted by Gasteiger charge is 2.50. The molecule has 0 radical (unpaired) electrons. The molecular formula is C21H22ClFN2O3. The van der Waals surface area contributed by atoms with Crippen LogP contribution in [0.1, 0.15) is 23.2 Å². The maximum Gasteiger partial charge on any atom is 0.253 e. The highest BCUT2D eigenvalue weighted by atomic mass is 35.5. The summed E-state index contributed by atoms with van der Waals surface area (Å²) in [4.78, 5) is 16.3. The first-order valence-corrected chi connectivity index (χ1v) is 9.74. The quantitative estimate of drug-likeness (QED) is 0.822. The second kappa shape index (κ2) is 7.44. The normalized spacial score (nSPS) is 20.1. The monoisotopic (exact) mass is 404 g/mol. The molecule has 2 N–H and O–H groups in total. The number of aliphatic hydroxyl groups is 2. The molecule has 2 aliphatic rings. The average Bonchev–Trinajstić information content (AvgIpc) is 3.47. The molecule has 5 nitrogen and oxygen atoms in total. The van der Waals surface area contributed by atoms with E-state index in [9.17, 15) is 19.4 Å². The summed E-state index contributed by atoms with van der Waals surface area (Å²) in [6.45, 7) is 2.00. The van der Waals surface area contributed by atoms with Crippen LogP contribution in [0.25, 0.3) is 11.1 Å². The van der Waals surface area contributed by atoms with Crippen LogP contribution in [0.4, 0.5) is 4.39 Å². The lowest BCUT2D eigenvalue weighted by molar-refractivity contribution is -0.108. The van der Waals surface area contributed by atoms with Crippen LogP contribution in [-0.2, 0) is 0 Å². The number of aliphatic hydroxyl groups excluding tert-OH is 1. The van der Waals surface area contributed by atoms with Crippen molar-refractivity contribution in [2.75, 3.05) is 26.2 Å². The van der Waals surface area contributed by atoms with E-state index in [1.54, 1.807) is 35.2 Å². The first kappa shape index (κ1) is 19.3. The minimum Gasteiger partial charge on any atom is -0.386 e. The number of carbonyl (C=O) groups excluding carboxylic acids is 1. The summed E-state index contributed by atoms with van der Waals surface area (Å²) in [6.07, 6.45) is 0.372. The number of hydrogen-bond acceptors (Lipinski definition) is 4. The average molecular weight is 405 g/mol. The number of carbonyl (C=O) groups is 1. The number of rotatable bonds is 4. The van der Waals surface area contributed by atoms with Crippen molar-refractivity contribution in [1.82, 2.24) is 9.80 Å². The minimum absolute atomic E-state index is 0.0996. The molecule has 1 amide bonds. The van der Waals surface area contributed by atoms with E-state index in [2.05, 4.69) is 0 Å². The Hall–Kier alpha value is -1.99. The van der Waals surface area contributed by atoms with Crippen LogP contribution in [0.2, 0.25) is 5.02 Å². The fourth-order valence-electron chi connectivity index (χ4n) is 3.59. The van der Waals surface area contributed by atoms with Gasteiger partial charge in [0, 0.05) is 42.3 Å². The Morgan fingerprint density at radius 2 is 1.71 bits per heavy atom. The summed E-state index contributed by atoms with van der Waals surface area (Å²) in [6, 6.07) is 11.2. The van der Waals surface area contributed by atoms with Crippen molar-refractivity contribution < 1.29 is 19.4 Å². The van der Waals surface area contributed by atoms with Crippen molar-refractivity contribution in [3.63, 3.8) is 0 Å². The molecule has 1 atom stereocenters. The van der Waals surface area contributed by atoms with Gasteiger partial charge in [0.2, 0.25) is 0 Å². The number of nitrogens with zero attached hydrogens (tertiary/aromatic N) is 2. The molecular weight excluding hydrogens is 383 g/mol. The molecule has 7 heteroatoms. The van der Waals surface area contributed by atoms with Crippen LogP contribution < -0.4 is 0 Å². The van der Waals surface area contributed by atoms with Gasteiger partial charge in [0.25, 0.3) is 5.91 Å². The van der Waals surface area contributed by atoms with Crippen molar-refractivity contribution in [2.45, 2.75) is 24.7 Å². The van der Waals surface area contributed by atoms with Crippen molar-refractivity contribution >= 4 is 17.5 Å². The molecule has 1 aliphatic heterocycles. The number of amides is 1. The van der Waals surface area contributed by atoms with Gasteiger partial charge in [0.1, 0.15) is 17.6 Å². The maximum atomic E-state index is 14.0. The molecule has 4 rings (SSSR count). The summed E-state index contributed by atoms with van der Waals surface area (Å²) >= 11 is 5.95. The van der Waals surface area contributed by atoms with Crippen molar-refractivity contribution in [1.29, 1.82) is 0 Å². The van der Waals surface area contributed by atoms with Gasteiger partial charge in [-0.1, -0.05) is 23.7 Å². The lowest BCUT2D eigenvalue weighted by Gasteiger charge is -2.38. The van der Waals surface area contributed by atoms with Crippen molar-refractivity contribution in [3.8, 4) is 11.1 Å². The van der Waals surface area contributed by atoms with E-state index in [0.717, 1.165) is 0 Å². The second-order valence-corrected chi connectivity index (χ2v) is 7.94. The molecule has 0 spiro atoms. The molecule has 0 bridgehead atoms. The predicted molar refractivity (Wildman–Crippen MR) is 105 cm³/mol. The van der Waals surface area contributed by atoms with Crippen LogP contribution in [-0.4, -0.2) is 63.9 Å². The first-order valence-electron chi connectivity index (χ1n) is 9.37. The first-order chi connectivity index (χ1) is 13.4. The Balaban J connectivity index is 1.41. The van der Waals surface area contributed by atoms with Gasteiger partial charge in [0.05, 0.1) is 0 Å². The van der Waals surface area contributed by atoms with E-state index in [1.807, 2.05) is 4.90 Å². The molecule has 28 heavy (non-hydrogen) atoms. The van der Waals surface area contributed by atoms with Crippen molar-refractivity contribution in [2.24, 2.45) is 0 Å². The fourth-order valence-corrected chi connectivity index (χ4v) is 3.76. The Morgan fingerprint density at radius 1 is 1.07 bits per heavy atom. The molecule has 1 saturated carbocycles. The lowest BCUT2D eigenvalue weighted by atomic mass is 10.0. The van der Waals surface area contributed by atoms with E-state index in [1.165, 1.54) is 12.1 Å². The van der Waals surface area contributed by atoms with Gasteiger partial charge >= 0.3 is 0 Å². The van der Waals surface area contributed by atoms with Crippen LogP contribution in [0, 0.1) is 5.82 Å². The molecule has 1 unspecified atom stereocenters. The second-order valence-electron chi connectivity index (χ2n) is 7.51. The Kier molecular flexibility index (Phi) is 5.14. The molecule has 2 fully saturated rings. The van der Waals surface area contributed by atoms with Crippen LogP contribution in [0.5, 0.6) is 0 Å². The highest BCUT2D eigenvalue weighted by molar-refractivity contribution is 6.30. The number of halogens is 2. The zero-order valence-electron chi connectivity index (χ0n) is 15.3. The van der Waals surface area contributed by atoms with E-state index in [-0.39, 0.29) is 11.7 Å². The molecule has 1 aliphatic carbocycles. The summed E-state index contributed by atoms with van der Waals surface area (Å²) in [5.74, 6) is -0.465. The van der Waals surface area contributed by atoms with Gasteiger partial charge in [-0.05, 0) is 48.7 Å². The van der Waals surface area contributed by atoms with E-state index >= 15 is 0 Å². The molecule has 1 heterocycles.